The van der Waals surface area contributed by atoms with Crippen molar-refractivity contribution in [1.29, 1.82) is 0 Å². The highest BCUT2D eigenvalue weighted by atomic mass is 16.5. The van der Waals surface area contributed by atoms with E-state index < -0.39 is 0 Å². The van der Waals surface area contributed by atoms with Gasteiger partial charge in [0.2, 0.25) is 0 Å². The number of piperazine rings is 1. The van der Waals surface area contributed by atoms with E-state index >= 15 is 0 Å². The van der Waals surface area contributed by atoms with Crippen molar-refractivity contribution in [1.82, 2.24) is 10.2 Å². The molecule has 3 heteroatoms. The van der Waals surface area contributed by atoms with Crippen LogP contribution in [0.25, 0.3) is 0 Å². The van der Waals surface area contributed by atoms with E-state index in [0.29, 0.717) is 5.92 Å². The van der Waals surface area contributed by atoms with Crippen molar-refractivity contribution >= 4 is 0 Å². The van der Waals surface area contributed by atoms with Gasteiger partial charge in [-0.1, -0.05) is 31.9 Å². The largest absolute Gasteiger partial charge is 0.496 e. The molecule has 1 heterocycles. The van der Waals surface area contributed by atoms with Gasteiger partial charge in [0.05, 0.1) is 7.11 Å². The fraction of sp³-hybridized carbons (Fsp3) is 0.684. The minimum Gasteiger partial charge on any atom is -0.496 e. The number of hydrogen-bond acceptors (Lipinski definition) is 3. The Morgan fingerprint density at radius 1 is 1.14 bits per heavy atom. The van der Waals surface area contributed by atoms with Crippen LogP contribution in [0.2, 0.25) is 0 Å². The van der Waals surface area contributed by atoms with Gasteiger partial charge in [-0.2, -0.15) is 0 Å². The highest BCUT2D eigenvalue weighted by Crippen LogP contribution is 2.39. The van der Waals surface area contributed by atoms with Crippen molar-refractivity contribution in [3.8, 4) is 5.75 Å². The van der Waals surface area contributed by atoms with E-state index in [9.17, 15) is 0 Å². The Morgan fingerprint density at radius 2 is 1.86 bits per heavy atom. The van der Waals surface area contributed by atoms with Crippen LogP contribution < -0.4 is 10.1 Å². The summed E-state index contributed by atoms with van der Waals surface area (Å²) in [5.41, 5.74) is 2.89. The Bertz CT molecular complexity index is 474. The number of methoxy groups -OCH3 is 1. The van der Waals surface area contributed by atoms with Gasteiger partial charge in [-0.05, 0) is 41.9 Å². The molecule has 1 aliphatic heterocycles. The minimum absolute atomic E-state index is 0.689. The van der Waals surface area contributed by atoms with Crippen LogP contribution in [0.4, 0.5) is 0 Å². The Hall–Kier alpha value is -1.06. The SMILES string of the molecule is COc1ccc(CN2CCNCC2)cc1C1CCC(C)CC1. The normalized spacial score (nSPS) is 26.8. The van der Waals surface area contributed by atoms with Crippen molar-refractivity contribution in [2.24, 2.45) is 5.92 Å². The van der Waals surface area contributed by atoms with Crippen LogP contribution >= 0.6 is 0 Å². The van der Waals surface area contributed by atoms with Gasteiger partial charge < -0.3 is 10.1 Å². The fourth-order valence-corrected chi connectivity index (χ4v) is 3.90. The third kappa shape index (κ3) is 3.82. The molecule has 0 amide bonds. The van der Waals surface area contributed by atoms with E-state index in [1.54, 1.807) is 7.11 Å². The first-order chi connectivity index (χ1) is 10.8. The lowest BCUT2D eigenvalue weighted by molar-refractivity contribution is 0.233. The van der Waals surface area contributed by atoms with Crippen LogP contribution in [0, 0.1) is 5.92 Å². The monoisotopic (exact) mass is 302 g/mol. The zero-order valence-electron chi connectivity index (χ0n) is 14.1. The van der Waals surface area contributed by atoms with Crippen molar-refractivity contribution in [2.75, 3.05) is 33.3 Å². The zero-order valence-corrected chi connectivity index (χ0v) is 14.1. The summed E-state index contributed by atoms with van der Waals surface area (Å²) in [7, 11) is 1.81. The summed E-state index contributed by atoms with van der Waals surface area (Å²) in [5.74, 6) is 2.67. The molecule has 0 radical (unpaired) electrons. The van der Waals surface area contributed by atoms with Gasteiger partial charge in [0.25, 0.3) is 0 Å². The molecule has 1 saturated carbocycles. The predicted molar refractivity (Wildman–Crippen MR) is 91.5 cm³/mol. The van der Waals surface area contributed by atoms with Crippen LogP contribution in [-0.2, 0) is 6.54 Å². The van der Waals surface area contributed by atoms with Crippen molar-refractivity contribution < 1.29 is 4.74 Å². The van der Waals surface area contributed by atoms with Crippen molar-refractivity contribution in [2.45, 2.75) is 45.1 Å². The Balaban J connectivity index is 1.73. The summed E-state index contributed by atoms with van der Waals surface area (Å²) < 4.78 is 5.65. The molecule has 1 N–H and O–H groups in total. The van der Waals surface area contributed by atoms with Crippen molar-refractivity contribution in [3.63, 3.8) is 0 Å². The van der Waals surface area contributed by atoms with Gasteiger partial charge >= 0.3 is 0 Å². The minimum atomic E-state index is 0.689. The highest BCUT2D eigenvalue weighted by Gasteiger charge is 2.23. The molecule has 22 heavy (non-hydrogen) atoms. The lowest BCUT2D eigenvalue weighted by Crippen LogP contribution is -2.42. The molecule has 1 aromatic rings. The van der Waals surface area contributed by atoms with Gasteiger partial charge in [-0.25, -0.2) is 0 Å². The molecule has 2 fully saturated rings. The maximum atomic E-state index is 5.65. The number of ether oxygens (including phenoxy) is 1. The van der Waals surface area contributed by atoms with Crippen LogP contribution in [-0.4, -0.2) is 38.2 Å². The predicted octanol–water partition coefficient (Wildman–Crippen LogP) is 3.39. The molecule has 3 nitrogen and oxygen atoms in total. The molecule has 1 aromatic carbocycles. The lowest BCUT2D eigenvalue weighted by atomic mass is 9.79. The molecule has 3 rings (SSSR count). The number of hydrogen-bond donors (Lipinski definition) is 1. The molecule has 0 bridgehead atoms. The molecule has 1 saturated heterocycles. The molecular formula is C19H30N2O. The summed E-state index contributed by atoms with van der Waals surface area (Å²) in [6, 6.07) is 6.85. The third-order valence-electron chi connectivity index (χ3n) is 5.37. The van der Waals surface area contributed by atoms with Gasteiger partial charge in [-0.15, -0.1) is 0 Å². The van der Waals surface area contributed by atoms with Crippen LogP contribution in [0.1, 0.15) is 49.7 Å². The number of nitrogens with zero attached hydrogens (tertiary/aromatic N) is 1. The molecule has 0 atom stereocenters. The van der Waals surface area contributed by atoms with E-state index in [4.69, 9.17) is 4.74 Å². The molecule has 1 aliphatic carbocycles. The van der Waals surface area contributed by atoms with E-state index in [2.05, 4.69) is 35.3 Å². The van der Waals surface area contributed by atoms with Gasteiger partial charge in [0, 0.05) is 32.7 Å². The zero-order chi connectivity index (χ0) is 15.4. The number of rotatable bonds is 4. The molecule has 122 valence electrons. The fourth-order valence-electron chi connectivity index (χ4n) is 3.90. The van der Waals surface area contributed by atoms with Crippen LogP contribution in [0.5, 0.6) is 5.75 Å². The maximum absolute atomic E-state index is 5.65. The van der Waals surface area contributed by atoms with Gasteiger partial charge in [0.1, 0.15) is 5.75 Å². The highest BCUT2D eigenvalue weighted by molar-refractivity contribution is 5.40. The van der Waals surface area contributed by atoms with E-state index in [-0.39, 0.29) is 0 Å². The summed E-state index contributed by atoms with van der Waals surface area (Å²) in [4.78, 5) is 2.55. The summed E-state index contributed by atoms with van der Waals surface area (Å²) in [6.07, 6.45) is 5.34. The van der Waals surface area contributed by atoms with E-state index in [0.717, 1.165) is 44.4 Å². The molecule has 0 aromatic heterocycles. The summed E-state index contributed by atoms with van der Waals surface area (Å²) in [5, 5.41) is 3.42. The molecule has 0 spiro atoms. The first-order valence-electron chi connectivity index (χ1n) is 8.86. The van der Waals surface area contributed by atoms with Gasteiger partial charge in [-0.3, -0.25) is 4.90 Å². The average molecular weight is 302 g/mol. The van der Waals surface area contributed by atoms with Crippen LogP contribution in [0.3, 0.4) is 0 Å². The van der Waals surface area contributed by atoms with Crippen LogP contribution in [0.15, 0.2) is 18.2 Å². The first-order valence-corrected chi connectivity index (χ1v) is 8.86. The molecular weight excluding hydrogens is 272 g/mol. The van der Waals surface area contributed by atoms with E-state index in [1.807, 2.05) is 0 Å². The standard InChI is InChI=1S/C19H30N2O/c1-15-3-6-17(7-4-15)18-13-16(5-8-19(18)22-2)14-21-11-9-20-10-12-21/h5,8,13,15,17,20H,3-4,6-7,9-12,14H2,1-2H3. The smallest absolute Gasteiger partial charge is 0.122 e. The third-order valence-corrected chi connectivity index (χ3v) is 5.37. The number of benzene rings is 1. The average Bonchev–Trinajstić information content (AvgIpc) is 2.56. The first kappa shape index (κ1) is 15.8. The Kier molecular flexibility index (Phi) is 5.37. The van der Waals surface area contributed by atoms with Crippen molar-refractivity contribution in [3.05, 3.63) is 29.3 Å². The van der Waals surface area contributed by atoms with Gasteiger partial charge in [0.15, 0.2) is 0 Å². The maximum Gasteiger partial charge on any atom is 0.122 e. The Labute approximate surface area is 135 Å². The second-order valence-electron chi connectivity index (χ2n) is 7.06. The lowest BCUT2D eigenvalue weighted by Gasteiger charge is -2.29. The second kappa shape index (κ2) is 7.47. The Morgan fingerprint density at radius 3 is 2.55 bits per heavy atom. The topological polar surface area (TPSA) is 24.5 Å². The van der Waals surface area contributed by atoms with E-state index in [1.165, 1.54) is 36.8 Å². The summed E-state index contributed by atoms with van der Waals surface area (Å²) >= 11 is 0. The molecule has 0 unspecified atom stereocenters. The quantitative estimate of drug-likeness (QED) is 0.922. The second-order valence-corrected chi connectivity index (χ2v) is 7.06. The summed E-state index contributed by atoms with van der Waals surface area (Å²) in [6.45, 7) is 7.99. The number of nitrogens with one attached hydrogen (secondary N) is 1. The molecule has 2 aliphatic rings.